The molecule has 0 aromatic heterocycles. The zero-order valence-electron chi connectivity index (χ0n) is 47.3. The van der Waals surface area contributed by atoms with Gasteiger partial charge in [-0.15, -0.1) is 0 Å². The number of rotatable bonds is 36. The summed E-state index contributed by atoms with van der Waals surface area (Å²) < 4.78 is 36.0. The number of carbonyl (C=O) groups is 6. The Morgan fingerprint density at radius 2 is 0.397 bits per heavy atom. The van der Waals surface area contributed by atoms with Crippen molar-refractivity contribution in [3.8, 4) is 34.5 Å². The van der Waals surface area contributed by atoms with Crippen LogP contribution in [-0.2, 0) is 28.8 Å². The van der Waals surface area contributed by atoms with Gasteiger partial charge in [0.15, 0.2) is 34.5 Å². The first kappa shape index (κ1) is 63.5. The lowest BCUT2D eigenvalue weighted by molar-refractivity contribution is -0.131. The Balaban J connectivity index is 2.13. The molecule has 12 nitrogen and oxygen atoms in total. The number of benzene rings is 4. The Labute approximate surface area is 463 Å². The van der Waals surface area contributed by atoms with E-state index in [4.69, 9.17) is 28.4 Å². The molecule has 4 aromatic rings. The first-order chi connectivity index (χ1) is 38.0. The molecule has 0 spiro atoms. The van der Waals surface area contributed by atoms with Crippen LogP contribution in [0, 0.1) is 0 Å². The first-order valence-electron chi connectivity index (χ1n) is 28.8. The summed E-state index contributed by atoms with van der Waals surface area (Å²) in [6, 6.07) is 9.33. The fourth-order valence-electron chi connectivity index (χ4n) is 8.50. The van der Waals surface area contributed by atoms with Gasteiger partial charge in [-0.05, 0) is 146 Å². The molecule has 0 atom stereocenters. The van der Waals surface area contributed by atoms with E-state index in [-0.39, 0.29) is 34.5 Å². The zero-order valence-corrected chi connectivity index (χ0v) is 47.3. The highest BCUT2D eigenvalue weighted by Gasteiger charge is 2.24. The largest absolute Gasteiger partial charge is 0.419 e. The van der Waals surface area contributed by atoms with Crippen molar-refractivity contribution >= 4 is 68.1 Å². The van der Waals surface area contributed by atoms with Gasteiger partial charge in [-0.25, -0.2) is 28.8 Å². The van der Waals surface area contributed by atoms with Crippen LogP contribution in [0.3, 0.4) is 0 Å². The number of unbranched alkanes of at least 4 members (excludes halogenated alkanes) is 18. The number of esters is 6. The number of hydrogen-bond acceptors (Lipinski definition) is 12. The van der Waals surface area contributed by atoms with E-state index in [1.54, 1.807) is 72.9 Å². The Morgan fingerprint density at radius 3 is 0.526 bits per heavy atom. The van der Waals surface area contributed by atoms with E-state index in [1.165, 1.54) is 36.5 Å². The molecule has 0 amide bonds. The summed E-state index contributed by atoms with van der Waals surface area (Å²) in [6.45, 7) is 12.6. The number of ether oxygens (including phenoxy) is 6. The maximum atomic E-state index is 13.6. The zero-order chi connectivity index (χ0) is 56.3. The van der Waals surface area contributed by atoms with Crippen LogP contribution in [-0.4, -0.2) is 35.8 Å². The average Bonchev–Trinajstić information content (AvgIpc) is 3.48. The van der Waals surface area contributed by atoms with Gasteiger partial charge in [0.05, 0.1) is 0 Å². The standard InChI is InChI=1S/C66H84O12/c1-7-13-19-25-31-37-61(67)73-55-43-49-50(44-56(55)74-62(68)38-32-26-20-14-8-2)52-46-58(76-64(70)40-34-28-22-16-10-4)60(78-66(72)42-36-30-24-18-12-6)48-54(52)53-47-59(77-65(71)41-35-29-23-17-11-5)57(45-51(49)53)75-63(69)39-33-27-21-15-9-3/h31-48H,7-30H2,1-6H3/b37-31+,38-32+,39-33?,40-34?,41-35+,42-36+. The van der Waals surface area contributed by atoms with Crippen molar-refractivity contribution in [1.29, 1.82) is 0 Å². The summed E-state index contributed by atoms with van der Waals surface area (Å²) in [5.41, 5.74) is 0. The molecular weight excluding hydrogens is 985 g/mol. The second-order valence-electron chi connectivity index (χ2n) is 19.4. The van der Waals surface area contributed by atoms with Crippen molar-refractivity contribution < 1.29 is 57.2 Å². The summed E-state index contributed by atoms with van der Waals surface area (Å²) in [5, 5.41) is 2.48. The summed E-state index contributed by atoms with van der Waals surface area (Å²) in [5.74, 6) is -4.77. The minimum absolute atomic E-state index is 0.0903. The SMILES string of the molecule is CCCCCC=CC(=O)Oc1cc2c(cc1OC(=O)/C=C/CCCCC)c1cc(OC(=O)/C=C/CCCCC)c(OC(=O)C=CCCCCC)cc1c1cc(OC(=O)/C=C/CCCCC)c(OC(=O)/C=C/CCCCC)cc21. The Bertz CT molecular complexity index is 2270. The normalized spacial score (nSPS) is 11.9. The highest BCUT2D eigenvalue weighted by molar-refractivity contribution is 6.27. The van der Waals surface area contributed by atoms with Crippen LogP contribution in [0.2, 0.25) is 0 Å². The van der Waals surface area contributed by atoms with Gasteiger partial charge in [0.25, 0.3) is 0 Å². The molecule has 0 aliphatic rings. The number of fused-ring (bicyclic) bond motifs is 6. The molecule has 0 fully saturated rings. The maximum absolute atomic E-state index is 13.6. The smallest absolute Gasteiger partial charge is 0.335 e. The van der Waals surface area contributed by atoms with Crippen LogP contribution in [0.25, 0.3) is 32.3 Å². The molecule has 0 radical (unpaired) electrons. The van der Waals surface area contributed by atoms with E-state index < -0.39 is 35.8 Å². The third-order valence-corrected chi connectivity index (χ3v) is 12.8. The van der Waals surface area contributed by atoms with Crippen LogP contribution in [0.1, 0.15) is 196 Å². The van der Waals surface area contributed by atoms with Gasteiger partial charge in [0, 0.05) is 36.5 Å². The lowest BCUT2D eigenvalue weighted by atomic mass is 9.93. The van der Waals surface area contributed by atoms with Gasteiger partial charge in [-0.2, -0.15) is 0 Å². The average molecular weight is 1070 g/mol. The van der Waals surface area contributed by atoms with Crippen molar-refractivity contribution in [2.75, 3.05) is 0 Å². The third kappa shape index (κ3) is 22.5. The molecule has 0 aliphatic carbocycles. The maximum Gasteiger partial charge on any atom is 0.335 e. The molecule has 12 heteroatoms. The first-order valence-corrected chi connectivity index (χ1v) is 28.8. The third-order valence-electron chi connectivity index (χ3n) is 12.8. The van der Waals surface area contributed by atoms with Crippen LogP contribution in [0.4, 0.5) is 0 Å². The highest BCUT2D eigenvalue weighted by Crippen LogP contribution is 2.47. The van der Waals surface area contributed by atoms with Gasteiger partial charge in [0.1, 0.15) is 0 Å². The number of hydrogen-bond donors (Lipinski definition) is 0. The number of allylic oxidation sites excluding steroid dienone is 6. The topological polar surface area (TPSA) is 158 Å². The molecule has 0 saturated heterocycles. The van der Waals surface area contributed by atoms with Gasteiger partial charge in [-0.3, -0.25) is 0 Å². The fraction of sp³-hybridized carbons (Fsp3) is 0.455. The summed E-state index contributed by atoms with van der Waals surface area (Å²) in [7, 11) is 0. The number of carbonyl (C=O) groups excluding carboxylic acids is 6. The van der Waals surface area contributed by atoms with Crippen LogP contribution < -0.4 is 28.4 Å². The van der Waals surface area contributed by atoms with Gasteiger partial charge in [0.2, 0.25) is 0 Å². The predicted molar refractivity (Wildman–Crippen MR) is 312 cm³/mol. The molecule has 0 heterocycles. The molecule has 0 N–H and O–H groups in total. The van der Waals surface area contributed by atoms with E-state index in [2.05, 4.69) is 41.5 Å². The van der Waals surface area contributed by atoms with Gasteiger partial charge < -0.3 is 28.4 Å². The summed E-state index contributed by atoms with van der Waals surface area (Å²) in [6.07, 6.45) is 39.8. The Morgan fingerprint density at radius 1 is 0.256 bits per heavy atom. The molecule has 4 rings (SSSR count). The Hall–Kier alpha value is -7.08. The fourth-order valence-corrected chi connectivity index (χ4v) is 8.50. The second kappa shape index (κ2) is 36.9. The van der Waals surface area contributed by atoms with Crippen molar-refractivity contribution in [1.82, 2.24) is 0 Å². The molecule has 4 aromatic carbocycles. The molecule has 0 unspecified atom stereocenters. The van der Waals surface area contributed by atoms with E-state index in [1.807, 2.05) is 0 Å². The van der Waals surface area contributed by atoms with E-state index in [0.717, 1.165) is 116 Å². The molecule has 0 aliphatic heterocycles. The molecular formula is C66H84O12. The van der Waals surface area contributed by atoms with Gasteiger partial charge >= 0.3 is 35.8 Å². The van der Waals surface area contributed by atoms with E-state index >= 15 is 0 Å². The van der Waals surface area contributed by atoms with Crippen LogP contribution >= 0.6 is 0 Å². The molecule has 420 valence electrons. The molecule has 0 saturated carbocycles. The summed E-state index contributed by atoms with van der Waals surface area (Å²) >= 11 is 0. The van der Waals surface area contributed by atoms with Crippen LogP contribution in [0.15, 0.2) is 109 Å². The minimum Gasteiger partial charge on any atom is -0.419 e. The van der Waals surface area contributed by atoms with Crippen molar-refractivity contribution in [2.45, 2.75) is 196 Å². The van der Waals surface area contributed by atoms with Crippen LogP contribution in [0.5, 0.6) is 34.5 Å². The quantitative estimate of drug-likeness (QED) is 0.0140. The van der Waals surface area contributed by atoms with Crippen molar-refractivity contribution in [3.05, 3.63) is 109 Å². The van der Waals surface area contributed by atoms with Crippen molar-refractivity contribution in [2.24, 2.45) is 0 Å². The molecule has 0 bridgehead atoms. The van der Waals surface area contributed by atoms with Gasteiger partial charge in [-0.1, -0.05) is 155 Å². The molecule has 78 heavy (non-hydrogen) atoms. The van der Waals surface area contributed by atoms with Crippen molar-refractivity contribution in [3.63, 3.8) is 0 Å². The highest BCUT2D eigenvalue weighted by atomic mass is 16.6. The second-order valence-corrected chi connectivity index (χ2v) is 19.4. The monoisotopic (exact) mass is 1070 g/mol. The summed E-state index contributed by atoms with van der Waals surface area (Å²) in [4.78, 5) is 81.6. The lowest BCUT2D eigenvalue weighted by Crippen LogP contribution is -2.10. The van der Waals surface area contributed by atoms with E-state index in [9.17, 15) is 28.8 Å². The Kier molecular flexibility index (Phi) is 30.0. The predicted octanol–water partition coefficient (Wildman–Crippen LogP) is 17.4. The minimum atomic E-state index is -0.705. The lowest BCUT2D eigenvalue weighted by Gasteiger charge is -2.18. The van der Waals surface area contributed by atoms with E-state index in [0.29, 0.717) is 70.8 Å².